The Hall–Kier alpha value is -2.01. The lowest BCUT2D eigenvalue weighted by molar-refractivity contribution is 0.100. The average Bonchev–Trinajstić information content (AvgIpc) is 2.91. The lowest BCUT2D eigenvalue weighted by atomic mass is 9.95. The minimum Gasteiger partial charge on any atom is -0.371 e. The minimum atomic E-state index is -0.344. The number of aromatic nitrogens is 1. The van der Waals surface area contributed by atoms with Crippen molar-refractivity contribution in [2.75, 3.05) is 38.6 Å². The molecule has 5 nitrogen and oxygen atoms in total. The predicted molar refractivity (Wildman–Crippen MR) is 109 cm³/mol. The van der Waals surface area contributed by atoms with Crippen LogP contribution < -0.4 is 10.6 Å². The Morgan fingerprint density at radius 3 is 2.46 bits per heavy atom. The first-order valence-electron chi connectivity index (χ1n) is 9.62. The van der Waals surface area contributed by atoms with E-state index in [1.54, 1.807) is 0 Å². The van der Waals surface area contributed by atoms with Crippen molar-refractivity contribution in [3.05, 3.63) is 29.5 Å². The maximum atomic E-state index is 12.1. The number of benzene rings is 1. The first kappa shape index (κ1) is 18.8. The number of carbonyl (C=O) groups is 1. The molecule has 5 heteroatoms. The van der Waals surface area contributed by atoms with Crippen LogP contribution in [-0.2, 0) is 0 Å². The molecule has 0 saturated carbocycles. The van der Waals surface area contributed by atoms with Crippen molar-refractivity contribution in [2.24, 2.45) is 11.7 Å². The fourth-order valence-corrected chi connectivity index (χ4v) is 4.27. The molecule has 0 radical (unpaired) electrons. The Bertz CT molecular complexity index is 798. The standard InChI is InChI=1S/C21H32N4O/c1-14(2)25-12-15(3)20-18(21(22)26)10-17(11-19(20)25)24-8-6-16(7-9-24)13-23(4)5/h10-12,14,16H,6-9,13H2,1-5H3,(H2,22,26). The quantitative estimate of drug-likeness (QED) is 0.893. The Morgan fingerprint density at radius 2 is 1.92 bits per heavy atom. The molecule has 0 spiro atoms. The molecule has 0 atom stereocenters. The predicted octanol–water partition coefficient (Wildman–Crippen LogP) is 3.41. The molecule has 1 aromatic carbocycles. The van der Waals surface area contributed by atoms with Gasteiger partial charge in [0.25, 0.3) is 0 Å². The molecule has 2 aromatic rings. The number of piperidine rings is 1. The van der Waals surface area contributed by atoms with Crippen molar-refractivity contribution >= 4 is 22.5 Å². The molecule has 1 aromatic heterocycles. The largest absolute Gasteiger partial charge is 0.371 e. The molecule has 3 rings (SSSR count). The van der Waals surface area contributed by atoms with E-state index in [-0.39, 0.29) is 5.91 Å². The van der Waals surface area contributed by atoms with Crippen LogP contribution in [0.25, 0.3) is 10.9 Å². The lowest BCUT2D eigenvalue weighted by Crippen LogP contribution is -2.37. The molecule has 1 aliphatic heterocycles. The average molecular weight is 357 g/mol. The summed E-state index contributed by atoms with van der Waals surface area (Å²) >= 11 is 0. The zero-order valence-corrected chi connectivity index (χ0v) is 16.7. The molecule has 2 heterocycles. The molecule has 1 saturated heterocycles. The van der Waals surface area contributed by atoms with Crippen LogP contribution in [0, 0.1) is 12.8 Å². The van der Waals surface area contributed by atoms with Gasteiger partial charge in [-0.1, -0.05) is 0 Å². The third-order valence-corrected chi connectivity index (χ3v) is 5.53. The van der Waals surface area contributed by atoms with Gasteiger partial charge in [-0.2, -0.15) is 0 Å². The van der Waals surface area contributed by atoms with Crippen molar-refractivity contribution < 1.29 is 4.79 Å². The number of amides is 1. The molecule has 0 bridgehead atoms. The molecule has 1 amide bonds. The van der Waals surface area contributed by atoms with Gasteiger partial charge < -0.3 is 20.1 Å². The van der Waals surface area contributed by atoms with Crippen molar-refractivity contribution in [1.82, 2.24) is 9.47 Å². The second kappa shape index (κ2) is 7.31. The van der Waals surface area contributed by atoms with Crippen molar-refractivity contribution in [3.8, 4) is 0 Å². The van der Waals surface area contributed by atoms with E-state index < -0.39 is 0 Å². The summed E-state index contributed by atoms with van der Waals surface area (Å²) in [5, 5.41) is 0.998. The first-order valence-corrected chi connectivity index (χ1v) is 9.62. The first-order chi connectivity index (χ1) is 12.3. The highest BCUT2D eigenvalue weighted by Crippen LogP contribution is 2.33. The third kappa shape index (κ3) is 3.58. The van der Waals surface area contributed by atoms with E-state index in [4.69, 9.17) is 5.73 Å². The highest BCUT2D eigenvalue weighted by atomic mass is 16.1. The maximum absolute atomic E-state index is 12.1. The molecule has 142 valence electrons. The van der Waals surface area contributed by atoms with Gasteiger partial charge >= 0.3 is 0 Å². The molecule has 2 N–H and O–H groups in total. The molecule has 1 aliphatic rings. The van der Waals surface area contributed by atoms with Gasteiger partial charge in [-0.05, 0) is 71.3 Å². The van der Waals surface area contributed by atoms with Gasteiger partial charge in [0.15, 0.2) is 0 Å². The summed E-state index contributed by atoms with van der Waals surface area (Å²) < 4.78 is 2.25. The van der Waals surface area contributed by atoms with E-state index in [1.165, 1.54) is 12.8 Å². The van der Waals surface area contributed by atoms with Gasteiger partial charge in [0.05, 0.1) is 11.1 Å². The summed E-state index contributed by atoms with van der Waals surface area (Å²) in [5.74, 6) is 0.409. The van der Waals surface area contributed by atoms with Crippen LogP contribution in [0.2, 0.25) is 0 Å². The minimum absolute atomic E-state index is 0.341. The lowest BCUT2D eigenvalue weighted by Gasteiger charge is -2.35. The number of hydrogen-bond donors (Lipinski definition) is 1. The highest BCUT2D eigenvalue weighted by Gasteiger charge is 2.23. The fourth-order valence-electron chi connectivity index (χ4n) is 4.27. The van der Waals surface area contributed by atoms with Crippen LogP contribution in [0.5, 0.6) is 0 Å². The van der Waals surface area contributed by atoms with E-state index >= 15 is 0 Å². The second-order valence-corrected chi connectivity index (χ2v) is 8.26. The van der Waals surface area contributed by atoms with Gasteiger partial charge in [0.2, 0.25) is 5.91 Å². The Labute approximate surface area is 156 Å². The van der Waals surface area contributed by atoms with E-state index in [0.717, 1.165) is 47.7 Å². The Kier molecular flexibility index (Phi) is 5.28. The molecular weight excluding hydrogens is 324 g/mol. The van der Waals surface area contributed by atoms with Crippen LogP contribution >= 0.6 is 0 Å². The summed E-state index contributed by atoms with van der Waals surface area (Å²) in [5.41, 5.74) is 9.72. The topological polar surface area (TPSA) is 54.5 Å². The normalized spacial score (nSPS) is 16.2. The summed E-state index contributed by atoms with van der Waals surface area (Å²) in [7, 11) is 4.28. The van der Waals surface area contributed by atoms with E-state index in [1.807, 2.05) is 6.07 Å². The van der Waals surface area contributed by atoms with Crippen LogP contribution in [0.1, 0.15) is 48.7 Å². The number of fused-ring (bicyclic) bond motifs is 1. The second-order valence-electron chi connectivity index (χ2n) is 8.26. The number of nitrogens with two attached hydrogens (primary N) is 1. The summed E-state index contributed by atoms with van der Waals surface area (Å²) in [6, 6.07) is 4.57. The number of primary amides is 1. The zero-order chi connectivity index (χ0) is 19.0. The van der Waals surface area contributed by atoms with Gasteiger partial charge in [0, 0.05) is 42.9 Å². The molecular formula is C21H32N4O. The monoisotopic (exact) mass is 356 g/mol. The van der Waals surface area contributed by atoms with Gasteiger partial charge in [-0.15, -0.1) is 0 Å². The van der Waals surface area contributed by atoms with Crippen LogP contribution in [0.3, 0.4) is 0 Å². The summed E-state index contributed by atoms with van der Waals surface area (Å²) in [6.07, 6.45) is 4.51. The Morgan fingerprint density at radius 1 is 1.27 bits per heavy atom. The van der Waals surface area contributed by atoms with Gasteiger partial charge in [-0.25, -0.2) is 0 Å². The molecule has 1 fully saturated rings. The summed E-state index contributed by atoms with van der Waals surface area (Å²) in [4.78, 5) is 16.8. The SMILES string of the molecule is Cc1cn(C(C)C)c2cc(N3CCC(CN(C)C)CC3)cc(C(N)=O)c12. The zero-order valence-electron chi connectivity index (χ0n) is 16.7. The maximum Gasteiger partial charge on any atom is 0.249 e. The van der Waals surface area contributed by atoms with Gasteiger partial charge in [0.1, 0.15) is 0 Å². The number of aryl methyl sites for hydroxylation is 1. The van der Waals surface area contributed by atoms with Crippen molar-refractivity contribution in [3.63, 3.8) is 0 Å². The smallest absolute Gasteiger partial charge is 0.249 e. The number of nitrogens with zero attached hydrogens (tertiary/aromatic N) is 3. The third-order valence-electron chi connectivity index (χ3n) is 5.53. The van der Waals surface area contributed by atoms with Gasteiger partial charge in [-0.3, -0.25) is 4.79 Å². The summed E-state index contributed by atoms with van der Waals surface area (Å²) in [6.45, 7) is 9.60. The number of carbonyl (C=O) groups excluding carboxylic acids is 1. The number of rotatable bonds is 5. The van der Waals surface area contributed by atoms with Crippen LogP contribution in [0.4, 0.5) is 5.69 Å². The van der Waals surface area contributed by atoms with Crippen molar-refractivity contribution in [1.29, 1.82) is 0 Å². The van der Waals surface area contributed by atoms with E-state index in [9.17, 15) is 4.79 Å². The molecule has 26 heavy (non-hydrogen) atoms. The highest BCUT2D eigenvalue weighted by molar-refractivity contribution is 6.08. The van der Waals surface area contributed by atoms with E-state index in [0.29, 0.717) is 11.6 Å². The van der Waals surface area contributed by atoms with Crippen LogP contribution in [-0.4, -0.2) is 49.1 Å². The molecule has 0 unspecified atom stereocenters. The van der Waals surface area contributed by atoms with Crippen molar-refractivity contribution in [2.45, 2.75) is 39.7 Å². The molecule has 0 aliphatic carbocycles. The Balaban J connectivity index is 1.97. The fraction of sp³-hybridized carbons (Fsp3) is 0.571. The van der Waals surface area contributed by atoms with Crippen LogP contribution in [0.15, 0.2) is 18.3 Å². The number of anilines is 1. The number of hydrogen-bond acceptors (Lipinski definition) is 3. The van der Waals surface area contributed by atoms with E-state index in [2.05, 4.69) is 61.5 Å².